The second-order valence-corrected chi connectivity index (χ2v) is 21.5. The number of nitrogens with zero attached hydrogens (tertiary/aromatic N) is 5. The fraction of sp³-hybridized carbons (Fsp3) is 0.773. The first kappa shape index (κ1) is 22.8. The zero-order valence-electron chi connectivity index (χ0n) is 18.9. The molecule has 1 aliphatic rings. The van der Waals surface area contributed by atoms with Gasteiger partial charge in [-0.05, 0) is 0 Å². The maximum absolute atomic E-state index is 5.60. The molecule has 0 saturated carbocycles. The number of fused-ring (bicyclic) bond motifs is 1. The molecule has 1 saturated heterocycles. The normalized spacial score (nSPS) is 15.4. The molecule has 0 amide bonds. The monoisotopic (exact) mass is 509 g/mol. The zero-order valence-corrected chi connectivity index (χ0v) is 21.8. The van der Waals surface area contributed by atoms with E-state index in [9.17, 15) is 0 Å². The minimum absolute atomic E-state index is 0.767. The van der Waals surface area contributed by atoms with E-state index in [2.05, 4.69) is 42.3 Å². The number of ether oxygens (including phenoxy) is 1. The van der Waals surface area contributed by atoms with E-state index in [1.807, 2.05) is 6.33 Å². The van der Waals surface area contributed by atoms with Crippen LogP contribution in [0, 0.1) is 0 Å². The van der Waals surface area contributed by atoms with Crippen LogP contribution >= 0.6 is 0 Å². The first-order valence-corrected chi connectivity index (χ1v) is 19.2. The molecule has 29 heavy (non-hydrogen) atoms. The molecule has 1 aliphatic heterocycles. The molecular weight excluding hydrogens is 469 g/mol. The van der Waals surface area contributed by atoms with Crippen molar-refractivity contribution in [2.45, 2.75) is 72.6 Å². The number of unbranched alkanes of at least 4 members (excludes halogenated alkanes) is 3. The van der Waals surface area contributed by atoms with Gasteiger partial charge in [-0.2, -0.15) is 0 Å². The number of imidazole rings is 1. The van der Waals surface area contributed by atoms with Gasteiger partial charge in [0.15, 0.2) is 0 Å². The third kappa shape index (κ3) is 5.24. The molecule has 0 atom stereocenters. The molecular formula is C22H39N5OSn. The summed E-state index contributed by atoms with van der Waals surface area (Å²) in [6.07, 6.45) is 9.66. The van der Waals surface area contributed by atoms with Crippen LogP contribution in [0.2, 0.25) is 13.3 Å². The van der Waals surface area contributed by atoms with Crippen LogP contribution in [0.15, 0.2) is 6.33 Å². The topological polar surface area (TPSA) is 56.1 Å². The predicted molar refractivity (Wildman–Crippen MR) is 124 cm³/mol. The Hall–Kier alpha value is -0.891. The Morgan fingerprint density at radius 3 is 2.07 bits per heavy atom. The maximum atomic E-state index is 5.60. The molecule has 0 bridgehead atoms. The quantitative estimate of drug-likeness (QED) is 0.425. The molecule has 0 spiro atoms. The van der Waals surface area contributed by atoms with Gasteiger partial charge in [-0.3, -0.25) is 0 Å². The van der Waals surface area contributed by atoms with E-state index in [4.69, 9.17) is 14.7 Å². The summed E-state index contributed by atoms with van der Waals surface area (Å²) in [7, 11) is 2.07. The van der Waals surface area contributed by atoms with Crippen molar-refractivity contribution in [1.29, 1.82) is 0 Å². The molecule has 0 radical (unpaired) electrons. The molecule has 0 N–H and O–H groups in total. The fourth-order valence-electron chi connectivity index (χ4n) is 4.48. The van der Waals surface area contributed by atoms with Crippen molar-refractivity contribution in [2.75, 3.05) is 31.2 Å². The number of aromatic nitrogens is 4. The number of hydrogen-bond donors (Lipinski definition) is 0. The van der Waals surface area contributed by atoms with Crippen LogP contribution in [0.25, 0.3) is 11.2 Å². The summed E-state index contributed by atoms with van der Waals surface area (Å²) in [5.74, 6) is 1.06. The van der Waals surface area contributed by atoms with Crippen LogP contribution in [-0.2, 0) is 11.8 Å². The van der Waals surface area contributed by atoms with Crippen LogP contribution < -0.4 is 8.74 Å². The molecule has 1 fully saturated rings. The van der Waals surface area contributed by atoms with Crippen molar-refractivity contribution in [1.82, 2.24) is 19.5 Å². The number of hydrogen-bond acceptors (Lipinski definition) is 5. The zero-order chi connectivity index (χ0) is 20.7. The number of morpholine rings is 1. The fourth-order valence-corrected chi connectivity index (χ4v) is 19.3. The Kier molecular flexibility index (Phi) is 8.59. The summed E-state index contributed by atoms with van der Waals surface area (Å²) >= 11 is -2.70. The number of rotatable bonds is 11. The van der Waals surface area contributed by atoms with Crippen molar-refractivity contribution in [2.24, 2.45) is 7.05 Å². The summed E-state index contributed by atoms with van der Waals surface area (Å²) in [5, 5.41) is 0. The summed E-state index contributed by atoms with van der Waals surface area (Å²) in [6, 6.07) is 0. The molecule has 0 aromatic carbocycles. The third-order valence-corrected chi connectivity index (χ3v) is 20.9. The van der Waals surface area contributed by atoms with E-state index in [0.717, 1.165) is 43.3 Å². The molecule has 2 aromatic rings. The van der Waals surface area contributed by atoms with Crippen molar-refractivity contribution in [3.05, 3.63) is 6.33 Å². The molecule has 6 nitrogen and oxygen atoms in total. The van der Waals surface area contributed by atoms with Gasteiger partial charge in [0.25, 0.3) is 0 Å². The summed E-state index contributed by atoms with van der Waals surface area (Å²) < 4.78 is 13.1. The van der Waals surface area contributed by atoms with Gasteiger partial charge in [-0.15, -0.1) is 0 Å². The third-order valence-electron chi connectivity index (χ3n) is 6.35. The van der Waals surface area contributed by atoms with E-state index in [-0.39, 0.29) is 0 Å². The number of aryl methyl sites for hydroxylation is 1. The molecule has 7 heteroatoms. The van der Waals surface area contributed by atoms with Crippen molar-refractivity contribution in [3.8, 4) is 0 Å². The van der Waals surface area contributed by atoms with E-state index < -0.39 is 18.4 Å². The first-order valence-electron chi connectivity index (χ1n) is 11.7. The Morgan fingerprint density at radius 2 is 1.52 bits per heavy atom. The average molecular weight is 508 g/mol. The Morgan fingerprint density at radius 1 is 0.931 bits per heavy atom. The standard InChI is InChI=1S/C10H12N5O.3C4H9.Sn/c1-14-7-13-8-9(14)11-6-12-10(8)15-2-4-16-5-3-15;3*1-3-4-2;/h7H,2-5H2,1H3;3*1,3-4H2,2H3;. The second-order valence-electron chi connectivity index (χ2n) is 8.59. The van der Waals surface area contributed by atoms with Gasteiger partial charge in [-0.25, -0.2) is 0 Å². The van der Waals surface area contributed by atoms with Gasteiger partial charge in [-0.1, -0.05) is 0 Å². The van der Waals surface area contributed by atoms with Crippen molar-refractivity contribution in [3.63, 3.8) is 0 Å². The summed E-state index contributed by atoms with van der Waals surface area (Å²) in [6.45, 7) is 10.3. The van der Waals surface area contributed by atoms with Crippen LogP contribution in [-0.4, -0.2) is 64.2 Å². The van der Waals surface area contributed by atoms with Gasteiger partial charge >= 0.3 is 181 Å². The van der Waals surface area contributed by atoms with Crippen LogP contribution in [0.5, 0.6) is 0 Å². The first-order chi connectivity index (χ1) is 14.1. The van der Waals surface area contributed by atoms with Crippen molar-refractivity contribution >= 4 is 39.2 Å². The molecule has 2 aromatic heterocycles. The molecule has 3 rings (SSSR count). The minimum atomic E-state index is -2.70. The average Bonchev–Trinajstić information content (AvgIpc) is 3.14. The van der Waals surface area contributed by atoms with Crippen LogP contribution in [0.4, 0.5) is 5.82 Å². The van der Waals surface area contributed by atoms with Crippen LogP contribution in [0.1, 0.15) is 59.3 Å². The van der Waals surface area contributed by atoms with Gasteiger partial charge < -0.3 is 0 Å². The summed E-state index contributed by atoms with van der Waals surface area (Å²) in [4.78, 5) is 17.6. The van der Waals surface area contributed by atoms with E-state index in [0.29, 0.717) is 0 Å². The summed E-state index contributed by atoms with van der Waals surface area (Å²) in [5.41, 5.74) is 1.97. The second kappa shape index (κ2) is 10.9. The molecule has 162 valence electrons. The van der Waals surface area contributed by atoms with Gasteiger partial charge in [0.05, 0.1) is 0 Å². The van der Waals surface area contributed by atoms with E-state index >= 15 is 0 Å². The predicted octanol–water partition coefficient (Wildman–Crippen LogP) is 4.26. The molecule has 3 heterocycles. The van der Waals surface area contributed by atoms with Crippen LogP contribution in [0.3, 0.4) is 0 Å². The van der Waals surface area contributed by atoms with E-state index in [1.54, 1.807) is 0 Å². The molecule has 0 aliphatic carbocycles. The molecule has 0 unspecified atom stereocenters. The van der Waals surface area contributed by atoms with Gasteiger partial charge in [0.1, 0.15) is 0 Å². The Balaban J connectivity index is 2.11. The van der Waals surface area contributed by atoms with Gasteiger partial charge in [0.2, 0.25) is 0 Å². The van der Waals surface area contributed by atoms with E-state index in [1.165, 1.54) is 55.7 Å². The Bertz CT molecular complexity index is 750. The number of anilines is 1. The van der Waals surface area contributed by atoms with Crippen molar-refractivity contribution < 1.29 is 4.74 Å². The van der Waals surface area contributed by atoms with Gasteiger partial charge in [0, 0.05) is 0 Å². The SMILES string of the molecule is CCC[CH2][Sn]([CH2]CCC)([CH2]CCC)[c]1nc(N2CCOCC2)c2ncn(C)c2n1. The Labute approximate surface area is 180 Å².